The quantitative estimate of drug-likeness (QED) is 0.738. The lowest BCUT2D eigenvalue weighted by atomic mass is 9.81. The van der Waals surface area contributed by atoms with E-state index in [1.165, 1.54) is 29.2 Å². The van der Waals surface area contributed by atoms with Gasteiger partial charge in [0.15, 0.2) is 6.61 Å². The molecule has 1 aromatic carbocycles. The molecule has 8 nitrogen and oxygen atoms in total. The van der Waals surface area contributed by atoms with Crippen molar-refractivity contribution in [2.45, 2.75) is 37.6 Å². The minimum Gasteiger partial charge on any atom is -0.452 e. The van der Waals surface area contributed by atoms with Crippen molar-refractivity contribution in [2.24, 2.45) is 0 Å². The lowest BCUT2D eigenvalue weighted by Crippen LogP contribution is -2.51. The molecule has 146 valence electrons. The molecule has 0 aromatic heterocycles. The number of likely N-dealkylation sites (N-methyl/N-ethyl adjacent to an activating group) is 1. The SMILES string of the molecule is CN(C(=O)COC(=O)c1cccc(NS(C)(=O)=O)c1)C1(C#N)CCCCC1. The maximum Gasteiger partial charge on any atom is 0.338 e. The van der Waals surface area contributed by atoms with Gasteiger partial charge in [-0.3, -0.25) is 9.52 Å². The van der Waals surface area contributed by atoms with Gasteiger partial charge in [0.2, 0.25) is 10.0 Å². The highest BCUT2D eigenvalue weighted by molar-refractivity contribution is 7.92. The van der Waals surface area contributed by atoms with Gasteiger partial charge in [-0.1, -0.05) is 25.3 Å². The van der Waals surface area contributed by atoms with Crippen LogP contribution in [0.4, 0.5) is 5.69 Å². The van der Waals surface area contributed by atoms with Gasteiger partial charge in [-0.25, -0.2) is 13.2 Å². The van der Waals surface area contributed by atoms with Gasteiger partial charge in [-0.2, -0.15) is 5.26 Å². The third kappa shape index (κ3) is 5.44. The van der Waals surface area contributed by atoms with Crippen molar-refractivity contribution in [2.75, 3.05) is 24.6 Å². The van der Waals surface area contributed by atoms with E-state index in [-0.39, 0.29) is 11.3 Å². The average molecular weight is 393 g/mol. The number of nitrogens with zero attached hydrogens (tertiary/aromatic N) is 2. The summed E-state index contributed by atoms with van der Waals surface area (Å²) in [6, 6.07) is 8.04. The zero-order valence-electron chi connectivity index (χ0n) is 15.4. The number of nitriles is 1. The molecular formula is C18H23N3O5S. The fourth-order valence-electron chi connectivity index (χ4n) is 3.13. The minimum absolute atomic E-state index is 0.117. The van der Waals surface area contributed by atoms with Gasteiger partial charge in [-0.05, 0) is 31.0 Å². The fraction of sp³-hybridized carbons (Fsp3) is 0.500. The Morgan fingerprint density at radius 3 is 2.56 bits per heavy atom. The van der Waals surface area contributed by atoms with E-state index in [2.05, 4.69) is 10.8 Å². The van der Waals surface area contributed by atoms with Crippen molar-refractivity contribution in [1.82, 2.24) is 4.90 Å². The van der Waals surface area contributed by atoms with Crippen LogP contribution in [0.1, 0.15) is 42.5 Å². The molecule has 0 unspecified atom stereocenters. The second kappa shape index (κ2) is 8.39. The van der Waals surface area contributed by atoms with Crippen molar-refractivity contribution < 1.29 is 22.7 Å². The van der Waals surface area contributed by atoms with E-state index >= 15 is 0 Å². The van der Waals surface area contributed by atoms with E-state index in [9.17, 15) is 23.3 Å². The smallest absolute Gasteiger partial charge is 0.338 e. The molecule has 2 rings (SSSR count). The number of anilines is 1. The van der Waals surface area contributed by atoms with E-state index in [4.69, 9.17) is 4.74 Å². The number of carbonyl (C=O) groups is 2. The summed E-state index contributed by atoms with van der Waals surface area (Å²) in [6.07, 6.45) is 5.02. The summed E-state index contributed by atoms with van der Waals surface area (Å²) in [7, 11) is -1.92. The summed E-state index contributed by atoms with van der Waals surface area (Å²) >= 11 is 0. The van der Waals surface area contributed by atoms with Gasteiger partial charge in [0.05, 0.1) is 17.9 Å². The predicted molar refractivity (Wildman–Crippen MR) is 99.4 cm³/mol. The van der Waals surface area contributed by atoms with Crippen LogP contribution in [-0.4, -0.2) is 50.6 Å². The summed E-state index contributed by atoms with van der Waals surface area (Å²) in [6.45, 7) is -0.484. The Kier molecular flexibility index (Phi) is 6.44. The van der Waals surface area contributed by atoms with Gasteiger partial charge in [0.1, 0.15) is 5.54 Å². The van der Waals surface area contributed by atoms with Crippen LogP contribution in [0.2, 0.25) is 0 Å². The number of hydrogen-bond donors (Lipinski definition) is 1. The van der Waals surface area contributed by atoms with Crippen molar-refractivity contribution in [3.63, 3.8) is 0 Å². The van der Waals surface area contributed by atoms with Gasteiger partial charge in [0.25, 0.3) is 5.91 Å². The van der Waals surface area contributed by atoms with Crippen LogP contribution >= 0.6 is 0 Å². The zero-order valence-corrected chi connectivity index (χ0v) is 16.2. The van der Waals surface area contributed by atoms with Gasteiger partial charge >= 0.3 is 5.97 Å². The highest BCUT2D eigenvalue weighted by atomic mass is 32.2. The van der Waals surface area contributed by atoms with Crippen LogP contribution in [0.15, 0.2) is 24.3 Å². The fourth-order valence-corrected chi connectivity index (χ4v) is 3.68. The molecule has 0 heterocycles. The molecule has 0 spiro atoms. The number of carbonyl (C=O) groups excluding carboxylic acids is 2. The van der Waals surface area contributed by atoms with Crippen molar-refractivity contribution >= 4 is 27.6 Å². The molecule has 1 N–H and O–H groups in total. The molecule has 0 aliphatic heterocycles. The Bertz CT molecular complexity index is 854. The summed E-state index contributed by atoms with van der Waals surface area (Å²) in [5.74, 6) is -1.19. The first kappa shape index (κ1) is 20.7. The molecule has 1 fully saturated rings. The second-order valence-electron chi connectivity index (χ2n) is 6.69. The molecule has 0 atom stereocenters. The normalized spacial score (nSPS) is 16.0. The summed E-state index contributed by atoms with van der Waals surface area (Å²) in [4.78, 5) is 26.0. The summed E-state index contributed by atoms with van der Waals surface area (Å²) in [5, 5.41) is 9.53. The number of amides is 1. The maximum atomic E-state index is 12.4. The lowest BCUT2D eigenvalue weighted by molar-refractivity contribution is -0.138. The Hall–Kier alpha value is -2.60. The molecule has 9 heteroatoms. The van der Waals surface area contributed by atoms with Crippen LogP contribution in [0.5, 0.6) is 0 Å². The molecule has 1 aliphatic rings. The van der Waals surface area contributed by atoms with Gasteiger partial charge < -0.3 is 9.64 Å². The number of nitrogens with one attached hydrogen (secondary N) is 1. The largest absolute Gasteiger partial charge is 0.452 e. The first-order chi connectivity index (χ1) is 12.7. The first-order valence-corrected chi connectivity index (χ1v) is 10.5. The van der Waals surface area contributed by atoms with Crippen LogP contribution in [0.25, 0.3) is 0 Å². The van der Waals surface area contributed by atoms with E-state index in [0.717, 1.165) is 25.5 Å². The third-order valence-electron chi connectivity index (χ3n) is 4.63. The summed E-state index contributed by atoms with van der Waals surface area (Å²) < 4.78 is 29.9. The van der Waals surface area contributed by atoms with Gasteiger partial charge in [-0.15, -0.1) is 0 Å². The highest BCUT2D eigenvalue weighted by Crippen LogP contribution is 2.32. The van der Waals surface area contributed by atoms with Gasteiger partial charge in [0, 0.05) is 12.7 Å². The van der Waals surface area contributed by atoms with Crippen LogP contribution in [0.3, 0.4) is 0 Å². The standard InChI is InChI=1S/C18H23N3O5S/c1-21(18(13-19)9-4-3-5-10-18)16(22)12-26-17(23)14-7-6-8-15(11-14)20-27(2,24)25/h6-8,11,20H,3-5,9-10,12H2,1-2H3. The number of hydrogen-bond acceptors (Lipinski definition) is 6. The number of ether oxygens (including phenoxy) is 1. The molecule has 27 heavy (non-hydrogen) atoms. The molecule has 1 aromatic rings. The van der Waals surface area contributed by atoms with Crippen molar-refractivity contribution in [1.29, 1.82) is 5.26 Å². The lowest BCUT2D eigenvalue weighted by Gasteiger charge is -2.38. The number of rotatable bonds is 6. The predicted octanol–water partition coefficient (Wildman–Crippen LogP) is 1.90. The van der Waals surface area contributed by atoms with E-state index in [0.29, 0.717) is 12.8 Å². The molecule has 0 radical (unpaired) electrons. The summed E-state index contributed by atoms with van der Waals surface area (Å²) in [5.41, 5.74) is -0.506. The number of sulfonamides is 1. The molecular weight excluding hydrogens is 370 g/mol. The molecule has 1 amide bonds. The van der Waals surface area contributed by atoms with Crippen molar-refractivity contribution in [3.05, 3.63) is 29.8 Å². The molecule has 0 bridgehead atoms. The van der Waals surface area contributed by atoms with E-state index in [1.807, 2.05) is 0 Å². The van der Waals surface area contributed by atoms with Crippen LogP contribution in [-0.2, 0) is 19.6 Å². The van der Waals surface area contributed by atoms with Crippen LogP contribution < -0.4 is 4.72 Å². The Labute approximate surface area is 159 Å². The van der Waals surface area contributed by atoms with E-state index < -0.39 is 34.0 Å². The topological polar surface area (TPSA) is 117 Å². The van der Waals surface area contributed by atoms with E-state index in [1.54, 1.807) is 7.05 Å². The molecule has 0 saturated heterocycles. The zero-order chi connectivity index (χ0) is 20.1. The van der Waals surface area contributed by atoms with Crippen LogP contribution in [0, 0.1) is 11.3 Å². The first-order valence-electron chi connectivity index (χ1n) is 8.60. The second-order valence-corrected chi connectivity index (χ2v) is 8.44. The number of esters is 1. The van der Waals surface area contributed by atoms with Crippen molar-refractivity contribution in [3.8, 4) is 6.07 Å². The minimum atomic E-state index is -3.47. The Balaban J connectivity index is 1.99. The maximum absolute atomic E-state index is 12.4. The monoisotopic (exact) mass is 393 g/mol. The average Bonchev–Trinajstić information content (AvgIpc) is 2.64. The third-order valence-corrected chi connectivity index (χ3v) is 5.24. The molecule has 1 saturated carbocycles. The number of benzene rings is 1. The molecule has 1 aliphatic carbocycles. The Morgan fingerprint density at radius 2 is 1.96 bits per heavy atom. The Morgan fingerprint density at radius 1 is 1.30 bits per heavy atom. The highest BCUT2D eigenvalue weighted by Gasteiger charge is 2.39.